The van der Waals surface area contributed by atoms with Crippen molar-refractivity contribution in [3.63, 3.8) is 0 Å². The Balaban J connectivity index is 1.62. The Bertz CT molecular complexity index is 488. The lowest BCUT2D eigenvalue weighted by Gasteiger charge is -2.39. The van der Waals surface area contributed by atoms with Gasteiger partial charge in [0.25, 0.3) is 0 Å². The van der Waals surface area contributed by atoms with E-state index in [4.69, 9.17) is 4.74 Å². The van der Waals surface area contributed by atoms with Gasteiger partial charge in [-0.3, -0.25) is 4.90 Å². The highest BCUT2D eigenvalue weighted by Gasteiger charge is 2.25. The zero-order valence-corrected chi connectivity index (χ0v) is 14.3. The van der Waals surface area contributed by atoms with Crippen LogP contribution in [-0.4, -0.2) is 60.3 Å². The molecule has 2 fully saturated rings. The molecular weight excluding hydrogens is 288 g/mol. The van der Waals surface area contributed by atoms with Gasteiger partial charge in [-0.05, 0) is 45.2 Å². The minimum atomic E-state index is 0.268. The van der Waals surface area contributed by atoms with Gasteiger partial charge in [0.2, 0.25) is 0 Å². The predicted octanol–water partition coefficient (Wildman–Crippen LogP) is 2.51. The molecule has 1 aliphatic carbocycles. The molecule has 0 amide bonds. The maximum absolute atomic E-state index is 9.25. The van der Waals surface area contributed by atoms with Gasteiger partial charge in [0.1, 0.15) is 5.75 Å². The topological polar surface area (TPSA) is 35.9 Å². The van der Waals surface area contributed by atoms with Crippen molar-refractivity contribution in [1.29, 1.82) is 0 Å². The van der Waals surface area contributed by atoms with Crippen molar-refractivity contribution < 1.29 is 9.84 Å². The first kappa shape index (κ1) is 16.7. The fourth-order valence-electron chi connectivity index (χ4n) is 3.79. The maximum atomic E-state index is 9.25. The summed E-state index contributed by atoms with van der Waals surface area (Å²) in [5.74, 6) is 1.07. The molecule has 1 aromatic carbocycles. The molecule has 1 aromatic rings. The molecule has 0 bridgehead atoms. The molecule has 4 heteroatoms. The van der Waals surface area contributed by atoms with Gasteiger partial charge < -0.3 is 14.7 Å². The van der Waals surface area contributed by atoms with Crippen LogP contribution in [0.3, 0.4) is 0 Å². The molecule has 1 N–H and O–H groups in total. The number of nitrogens with zero attached hydrogens (tertiary/aromatic N) is 2. The highest BCUT2D eigenvalue weighted by atomic mass is 16.5. The van der Waals surface area contributed by atoms with Gasteiger partial charge in [-0.15, -0.1) is 0 Å². The Morgan fingerprint density at radius 1 is 1.17 bits per heavy atom. The SMILES string of the molecule is CN1CCN(Cc2ccccc2OC2CCCC2)C[C@@H]1CCO. The van der Waals surface area contributed by atoms with Crippen LogP contribution in [0.2, 0.25) is 0 Å². The van der Waals surface area contributed by atoms with Crippen molar-refractivity contribution in [2.24, 2.45) is 0 Å². The van der Waals surface area contributed by atoms with Crippen molar-refractivity contribution in [2.45, 2.75) is 50.8 Å². The highest BCUT2D eigenvalue weighted by Crippen LogP contribution is 2.28. The lowest BCUT2D eigenvalue weighted by molar-refractivity contribution is 0.0733. The van der Waals surface area contributed by atoms with Crippen molar-refractivity contribution in [3.8, 4) is 5.75 Å². The van der Waals surface area contributed by atoms with E-state index in [0.717, 1.165) is 38.3 Å². The van der Waals surface area contributed by atoms with E-state index in [0.29, 0.717) is 12.1 Å². The number of aliphatic hydroxyl groups is 1. The van der Waals surface area contributed by atoms with E-state index in [-0.39, 0.29) is 6.61 Å². The minimum Gasteiger partial charge on any atom is -0.490 e. The van der Waals surface area contributed by atoms with E-state index in [1.54, 1.807) is 0 Å². The van der Waals surface area contributed by atoms with Crippen LogP contribution in [0.15, 0.2) is 24.3 Å². The second-order valence-electron chi connectivity index (χ2n) is 7.01. The molecular formula is C19H30N2O2. The van der Waals surface area contributed by atoms with Gasteiger partial charge in [-0.25, -0.2) is 0 Å². The van der Waals surface area contributed by atoms with Crippen molar-refractivity contribution in [1.82, 2.24) is 9.80 Å². The van der Waals surface area contributed by atoms with Crippen molar-refractivity contribution in [2.75, 3.05) is 33.3 Å². The average molecular weight is 318 g/mol. The molecule has 1 saturated carbocycles. The standard InChI is InChI=1S/C19H30N2O2/c1-20-11-12-21(15-17(20)10-13-22)14-16-6-2-5-9-19(16)23-18-7-3-4-8-18/h2,5-6,9,17-18,22H,3-4,7-8,10-15H2,1H3/t17-/m0/s1. The van der Waals surface area contributed by atoms with E-state index in [1.165, 1.54) is 31.2 Å². The number of hydrogen-bond donors (Lipinski definition) is 1. The largest absolute Gasteiger partial charge is 0.490 e. The third-order valence-corrected chi connectivity index (χ3v) is 5.29. The monoisotopic (exact) mass is 318 g/mol. The lowest BCUT2D eigenvalue weighted by Crippen LogP contribution is -2.51. The van der Waals surface area contributed by atoms with Crippen LogP contribution in [0.1, 0.15) is 37.7 Å². The lowest BCUT2D eigenvalue weighted by atomic mass is 10.1. The number of piperazine rings is 1. The number of ether oxygens (including phenoxy) is 1. The maximum Gasteiger partial charge on any atom is 0.124 e. The Morgan fingerprint density at radius 2 is 1.96 bits per heavy atom. The van der Waals surface area contributed by atoms with Gasteiger partial charge in [-0.1, -0.05) is 18.2 Å². The van der Waals surface area contributed by atoms with Crippen molar-refractivity contribution in [3.05, 3.63) is 29.8 Å². The fourth-order valence-corrected chi connectivity index (χ4v) is 3.79. The third kappa shape index (κ3) is 4.46. The number of likely N-dealkylation sites (N-methyl/N-ethyl adjacent to an activating group) is 1. The normalized spacial score (nSPS) is 24.2. The van der Waals surface area contributed by atoms with Gasteiger partial charge in [0, 0.05) is 44.4 Å². The molecule has 23 heavy (non-hydrogen) atoms. The summed E-state index contributed by atoms with van der Waals surface area (Å²) in [5, 5.41) is 9.25. The second-order valence-corrected chi connectivity index (χ2v) is 7.01. The first-order chi connectivity index (χ1) is 11.3. The Hall–Kier alpha value is -1.10. The molecule has 1 aliphatic heterocycles. The zero-order chi connectivity index (χ0) is 16.1. The smallest absolute Gasteiger partial charge is 0.124 e. The molecule has 1 saturated heterocycles. The van der Waals surface area contributed by atoms with E-state index >= 15 is 0 Å². The predicted molar refractivity (Wildman–Crippen MR) is 92.7 cm³/mol. The molecule has 0 spiro atoms. The van der Waals surface area contributed by atoms with Crippen LogP contribution in [-0.2, 0) is 6.54 Å². The number of rotatable bonds is 6. The van der Waals surface area contributed by atoms with Crippen LogP contribution >= 0.6 is 0 Å². The van der Waals surface area contributed by atoms with E-state index in [1.807, 2.05) is 0 Å². The summed E-state index contributed by atoms with van der Waals surface area (Å²) < 4.78 is 6.27. The molecule has 1 heterocycles. The minimum absolute atomic E-state index is 0.268. The highest BCUT2D eigenvalue weighted by molar-refractivity contribution is 5.33. The van der Waals surface area contributed by atoms with Crippen LogP contribution in [0, 0.1) is 0 Å². The van der Waals surface area contributed by atoms with E-state index in [2.05, 4.69) is 41.1 Å². The van der Waals surface area contributed by atoms with Crippen LogP contribution in [0.4, 0.5) is 0 Å². The molecule has 3 rings (SSSR count). The third-order valence-electron chi connectivity index (χ3n) is 5.29. The van der Waals surface area contributed by atoms with Gasteiger partial charge in [0.05, 0.1) is 6.10 Å². The Labute approximate surface area is 140 Å². The zero-order valence-electron chi connectivity index (χ0n) is 14.3. The van der Waals surface area contributed by atoms with Crippen LogP contribution < -0.4 is 4.74 Å². The van der Waals surface area contributed by atoms with E-state index in [9.17, 15) is 5.11 Å². The number of para-hydroxylation sites is 1. The molecule has 1 atom stereocenters. The van der Waals surface area contributed by atoms with Gasteiger partial charge in [0.15, 0.2) is 0 Å². The molecule has 0 radical (unpaired) electrons. The number of hydrogen-bond acceptors (Lipinski definition) is 4. The quantitative estimate of drug-likeness (QED) is 0.874. The molecule has 4 nitrogen and oxygen atoms in total. The van der Waals surface area contributed by atoms with E-state index < -0.39 is 0 Å². The second kappa shape index (κ2) is 8.13. The summed E-state index contributed by atoms with van der Waals surface area (Å²) in [7, 11) is 2.16. The van der Waals surface area contributed by atoms with Gasteiger partial charge >= 0.3 is 0 Å². The number of benzene rings is 1. The number of aliphatic hydroxyl groups excluding tert-OH is 1. The molecule has 0 aromatic heterocycles. The first-order valence-electron chi connectivity index (χ1n) is 9.04. The summed E-state index contributed by atoms with van der Waals surface area (Å²) in [6.07, 6.45) is 6.25. The Kier molecular flexibility index (Phi) is 5.92. The van der Waals surface area contributed by atoms with Crippen molar-refractivity contribution >= 4 is 0 Å². The first-order valence-corrected chi connectivity index (χ1v) is 9.04. The summed E-state index contributed by atoms with van der Waals surface area (Å²) in [6.45, 7) is 4.38. The average Bonchev–Trinajstić information content (AvgIpc) is 3.06. The fraction of sp³-hybridized carbons (Fsp3) is 0.684. The van der Waals surface area contributed by atoms with Gasteiger partial charge in [-0.2, -0.15) is 0 Å². The summed E-state index contributed by atoms with van der Waals surface area (Å²) in [5.41, 5.74) is 1.30. The summed E-state index contributed by atoms with van der Waals surface area (Å²) in [6, 6.07) is 8.96. The molecule has 128 valence electrons. The Morgan fingerprint density at radius 3 is 2.74 bits per heavy atom. The summed E-state index contributed by atoms with van der Waals surface area (Å²) >= 11 is 0. The van der Waals surface area contributed by atoms with Crippen LogP contribution in [0.25, 0.3) is 0 Å². The van der Waals surface area contributed by atoms with Crippen LogP contribution in [0.5, 0.6) is 5.75 Å². The molecule has 2 aliphatic rings. The molecule has 0 unspecified atom stereocenters. The summed E-state index contributed by atoms with van der Waals surface area (Å²) in [4.78, 5) is 4.87.